The van der Waals surface area contributed by atoms with Gasteiger partial charge in [-0.3, -0.25) is 24.4 Å². The number of rotatable bonds is 3. The standard InChI is InChI=1S/C24H28N4O2.C19H24BrN3O2/c1-28-21(29)14-24(27-22(28)25)20-12-16(18-4-3-11-26-15-18)5-6-17(20)13-23(24)9-7-19(30-2)8-10-23;1-23-16(24)11-19(22-17(23)21)15-9-13(20)4-3-12(15)10-18(19)7-5-14(25-2)6-8-18/h3-6,11-12,15,19H,7-10,13-14H2,1-2H3,(H2,25,27);3-4,9,14H,5-8,10-11H2,1-2H3,(H2,21,22). The zero-order chi connectivity index (χ0) is 38.8. The van der Waals surface area contributed by atoms with Crippen molar-refractivity contribution < 1.29 is 19.1 Å². The van der Waals surface area contributed by atoms with Crippen molar-refractivity contribution in [3.63, 3.8) is 0 Å². The van der Waals surface area contributed by atoms with E-state index in [1.807, 2.05) is 12.3 Å². The van der Waals surface area contributed by atoms with Crippen molar-refractivity contribution in [2.75, 3.05) is 28.3 Å². The van der Waals surface area contributed by atoms with Gasteiger partial charge in [0.05, 0.1) is 25.0 Å². The van der Waals surface area contributed by atoms with Crippen LogP contribution in [0.5, 0.6) is 0 Å². The van der Waals surface area contributed by atoms with Gasteiger partial charge in [0.2, 0.25) is 11.8 Å². The summed E-state index contributed by atoms with van der Waals surface area (Å²) >= 11 is 3.60. The molecule has 2 saturated carbocycles. The summed E-state index contributed by atoms with van der Waals surface area (Å²) in [6, 6.07) is 17.0. The van der Waals surface area contributed by atoms with E-state index in [1.54, 1.807) is 34.5 Å². The molecule has 2 unspecified atom stereocenters. The molecular formula is C43H52BrN7O4. The van der Waals surface area contributed by atoms with Gasteiger partial charge in [0.15, 0.2) is 11.9 Å². The van der Waals surface area contributed by atoms with Gasteiger partial charge in [-0.15, -0.1) is 0 Å². The highest BCUT2D eigenvalue weighted by molar-refractivity contribution is 9.10. The first-order valence-corrected chi connectivity index (χ1v) is 20.3. The number of nitrogens with two attached hydrogens (primary N) is 2. The molecule has 12 heteroatoms. The van der Waals surface area contributed by atoms with Crippen molar-refractivity contribution in [3.8, 4) is 11.1 Å². The van der Waals surface area contributed by atoms with Crippen LogP contribution < -0.4 is 11.5 Å². The normalized spacial score (nSPS) is 32.4. The molecule has 0 bridgehead atoms. The second kappa shape index (κ2) is 14.1. The molecule has 4 aliphatic carbocycles. The Balaban J connectivity index is 0.000000158. The predicted molar refractivity (Wildman–Crippen MR) is 216 cm³/mol. The third-order valence-corrected chi connectivity index (χ3v) is 14.7. The highest BCUT2D eigenvalue weighted by Crippen LogP contribution is 2.64. The van der Waals surface area contributed by atoms with E-state index >= 15 is 0 Å². The monoisotopic (exact) mass is 809 g/mol. The molecule has 4 N–H and O–H groups in total. The number of pyridine rings is 1. The first-order chi connectivity index (χ1) is 26.4. The first-order valence-electron chi connectivity index (χ1n) is 19.5. The number of hydrogen-bond donors (Lipinski definition) is 2. The van der Waals surface area contributed by atoms with Crippen LogP contribution in [-0.2, 0) is 43.0 Å². The molecule has 3 aromatic rings. The number of hydrogen-bond acceptors (Lipinski definition) is 9. The summed E-state index contributed by atoms with van der Waals surface area (Å²) in [5, 5.41) is 0. The van der Waals surface area contributed by atoms with Gasteiger partial charge in [-0.2, -0.15) is 0 Å². The van der Waals surface area contributed by atoms with Crippen LogP contribution in [0.4, 0.5) is 0 Å². The van der Waals surface area contributed by atoms with Gasteiger partial charge >= 0.3 is 0 Å². The fourth-order valence-electron chi connectivity index (χ4n) is 10.9. The summed E-state index contributed by atoms with van der Waals surface area (Å²) in [5.74, 6) is 0.736. The molecule has 11 nitrogen and oxygen atoms in total. The lowest BCUT2D eigenvalue weighted by molar-refractivity contribution is -0.132. The average Bonchev–Trinajstić information content (AvgIpc) is 3.57. The number of carbonyl (C=O) groups is 2. The Kier molecular flexibility index (Phi) is 9.69. The van der Waals surface area contributed by atoms with E-state index in [0.717, 1.165) is 85.4 Å². The molecule has 2 atom stereocenters. The highest BCUT2D eigenvalue weighted by Gasteiger charge is 2.62. The van der Waals surface area contributed by atoms with Crippen molar-refractivity contribution in [2.45, 2.75) is 100 Å². The molecule has 2 amide bonds. The van der Waals surface area contributed by atoms with Crippen LogP contribution in [0.15, 0.2) is 75.4 Å². The Bertz CT molecular complexity index is 2060. The lowest BCUT2D eigenvalue weighted by atomic mass is 9.60. The largest absolute Gasteiger partial charge is 0.381 e. The average molecular weight is 811 g/mol. The third-order valence-electron chi connectivity index (χ3n) is 14.2. The van der Waals surface area contributed by atoms with Crippen molar-refractivity contribution >= 4 is 39.7 Å². The van der Waals surface area contributed by atoms with Crippen LogP contribution in [0.25, 0.3) is 11.1 Å². The Morgan fingerprint density at radius 3 is 1.64 bits per heavy atom. The molecule has 0 radical (unpaired) electrons. The number of benzene rings is 2. The fraction of sp³-hybridized carbons (Fsp3) is 0.512. The molecule has 0 saturated heterocycles. The highest BCUT2D eigenvalue weighted by atomic mass is 79.9. The topological polar surface area (TPSA) is 149 Å². The van der Waals surface area contributed by atoms with E-state index < -0.39 is 11.1 Å². The van der Waals surface area contributed by atoms with Gasteiger partial charge in [0, 0.05) is 56.0 Å². The van der Waals surface area contributed by atoms with Crippen LogP contribution in [0.1, 0.15) is 86.5 Å². The number of nitrogens with zero attached hydrogens (tertiary/aromatic N) is 5. The minimum Gasteiger partial charge on any atom is -0.381 e. The van der Waals surface area contributed by atoms with Crippen molar-refractivity contribution in [2.24, 2.45) is 32.3 Å². The summed E-state index contributed by atoms with van der Waals surface area (Å²) in [4.78, 5) is 43.1. The lowest BCUT2D eigenvalue weighted by Gasteiger charge is -2.49. The fourth-order valence-corrected chi connectivity index (χ4v) is 11.3. The van der Waals surface area contributed by atoms with E-state index in [1.165, 1.54) is 26.5 Å². The zero-order valence-corrected chi connectivity index (χ0v) is 33.9. The van der Waals surface area contributed by atoms with E-state index in [-0.39, 0.29) is 28.7 Å². The number of aliphatic imine (C=N–C) groups is 2. The summed E-state index contributed by atoms with van der Waals surface area (Å²) in [5.41, 5.74) is 18.3. The second-order valence-electron chi connectivity index (χ2n) is 16.6. The maximum Gasteiger partial charge on any atom is 0.231 e. The molecule has 55 heavy (non-hydrogen) atoms. The van der Waals surface area contributed by atoms with Crippen LogP contribution in [0.2, 0.25) is 0 Å². The summed E-state index contributed by atoms with van der Waals surface area (Å²) in [6.07, 6.45) is 14.9. The van der Waals surface area contributed by atoms with Gasteiger partial charge in [-0.25, -0.2) is 9.98 Å². The van der Waals surface area contributed by atoms with Crippen molar-refractivity contribution in [1.82, 2.24) is 14.8 Å². The van der Waals surface area contributed by atoms with Gasteiger partial charge in [0.25, 0.3) is 0 Å². The smallest absolute Gasteiger partial charge is 0.231 e. The van der Waals surface area contributed by atoms with Crippen LogP contribution in [0, 0.1) is 10.8 Å². The van der Waals surface area contributed by atoms with Gasteiger partial charge in [-0.1, -0.05) is 40.2 Å². The summed E-state index contributed by atoms with van der Waals surface area (Å²) in [6.45, 7) is 0. The number of halogens is 1. The van der Waals surface area contributed by atoms with Gasteiger partial charge in [0.1, 0.15) is 11.1 Å². The number of aromatic nitrogens is 1. The Morgan fingerprint density at radius 1 is 0.691 bits per heavy atom. The maximum absolute atomic E-state index is 13.0. The van der Waals surface area contributed by atoms with Crippen molar-refractivity contribution in [1.29, 1.82) is 0 Å². The molecule has 4 spiro atoms. The number of guanidine groups is 2. The zero-order valence-electron chi connectivity index (χ0n) is 32.3. The van der Waals surface area contributed by atoms with Crippen LogP contribution in [-0.4, -0.2) is 79.0 Å². The Labute approximate surface area is 332 Å². The summed E-state index contributed by atoms with van der Waals surface area (Å²) < 4.78 is 12.2. The number of amides is 2. The molecule has 6 aliphatic rings. The minimum atomic E-state index is -0.604. The summed E-state index contributed by atoms with van der Waals surface area (Å²) in [7, 11) is 7.00. The Morgan fingerprint density at radius 2 is 1.18 bits per heavy atom. The number of methoxy groups -OCH3 is 2. The lowest BCUT2D eigenvalue weighted by Crippen LogP contribution is -2.54. The van der Waals surface area contributed by atoms with E-state index in [9.17, 15) is 9.59 Å². The van der Waals surface area contributed by atoms with Crippen molar-refractivity contribution in [3.05, 3.63) is 87.7 Å². The second-order valence-corrected chi connectivity index (χ2v) is 17.5. The number of carbonyl (C=O) groups excluding carboxylic acids is 2. The van der Waals surface area contributed by atoms with Gasteiger partial charge in [-0.05, 0) is 122 Å². The minimum absolute atomic E-state index is 0.0374. The molecule has 1 aromatic heterocycles. The first kappa shape index (κ1) is 37.8. The quantitative estimate of drug-likeness (QED) is 0.320. The van der Waals surface area contributed by atoms with E-state index in [2.05, 4.69) is 63.4 Å². The SMILES string of the molecule is COC1CCC2(CC1)Cc1ccc(-c3cccnc3)cc1C21CC(=O)N(C)C(N)=N1.COC1CCC2(CC1)Cc1ccc(Br)cc1C21CC(=O)N(C)C(N)=N1. The molecule has 290 valence electrons. The molecule has 2 fully saturated rings. The van der Waals surface area contributed by atoms with Crippen LogP contribution >= 0.6 is 15.9 Å². The molecule has 2 aromatic carbocycles. The Hall–Kier alpha value is -4.13. The van der Waals surface area contributed by atoms with Crippen LogP contribution in [0.3, 0.4) is 0 Å². The maximum atomic E-state index is 13.0. The predicted octanol–water partition coefficient (Wildman–Crippen LogP) is 6.20. The van der Waals surface area contributed by atoms with E-state index in [0.29, 0.717) is 30.9 Å². The molecule has 3 heterocycles. The molecular weight excluding hydrogens is 758 g/mol. The molecule has 2 aliphatic heterocycles. The van der Waals surface area contributed by atoms with E-state index in [4.69, 9.17) is 30.9 Å². The number of fused-ring (bicyclic) bond motifs is 6. The third kappa shape index (κ3) is 6.01. The van der Waals surface area contributed by atoms with Gasteiger partial charge < -0.3 is 20.9 Å². The molecule has 9 rings (SSSR count). The number of ether oxygens (including phenoxy) is 2.